The molecule has 0 saturated heterocycles. The normalized spacial score (nSPS) is 17.9. The maximum atomic E-state index is 11.9. The van der Waals surface area contributed by atoms with Crippen molar-refractivity contribution in [2.75, 3.05) is 26.2 Å². The third-order valence-corrected chi connectivity index (χ3v) is 3.20. The van der Waals surface area contributed by atoms with Crippen LogP contribution in [-0.2, 0) is 4.79 Å². The van der Waals surface area contributed by atoms with Crippen molar-refractivity contribution >= 4 is 5.91 Å². The summed E-state index contributed by atoms with van der Waals surface area (Å²) in [6.07, 6.45) is 3.68. The zero-order valence-corrected chi connectivity index (χ0v) is 10.9. The van der Waals surface area contributed by atoms with Crippen molar-refractivity contribution in [1.29, 1.82) is 5.26 Å². The summed E-state index contributed by atoms with van der Waals surface area (Å²) in [5, 5.41) is 20.8. The van der Waals surface area contributed by atoms with Crippen LogP contribution in [0.15, 0.2) is 12.7 Å². The van der Waals surface area contributed by atoms with E-state index in [1.54, 1.807) is 17.9 Å². The Morgan fingerprint density at radius 2 is 2.39 bits per heavy atom. The summed E-state index contributed by atoms with van der Waals surface area (Å²) in [7, 11) is 0. The lowest BCUT2D eigenvalue weighted by Gasteiger charge is -2.25. The van der Waals surface area contributed by atoms with Crippen molar-refractivity contribution in [3.05, 3.63) is 12.7 Å². The van der Waals surface area contributed by atoms with Crippen molar-refractivity contribution in [2.45, 2.75) is 25.3 Å². The van der Waals surface area contributed by atoms with Gasteiger partial charge in [-0.2, -0.15) is 5.26 Å². The van der Waals surface area contributed by atoms with E-state index in [0.717, 1.165) is 12.8 Å². The van der Waals surface area contributed by atoms with Crippen LogP contribution >= 0.6 is 0 Å². The van der Waals surface area contributed by atoms with Gasteiger partial charge in [-0.05, 0) is 25.7 Å². The summed E-state index contributed by atoms with van der Waals surface area (Å²) in [5.74, 6) is 0.0957. The summed E-state index contributed by atoms with van der Waals surface area (Å²) >= 11 is 0. The molecule has 0 bridgehead atoms. The highest BCUT2D eigenvalue weighted by Gasteiger charge is 2.43. The van der Waals surface area contributed by atoms with Gasteiger partial charge in [0.2, 0.25) is 5.91 Å². The SMILES string of the molecule is C=CCN(CCO)CC(=O)NC(C)(C#N)C1CC1. The number of nitriles is 1. The predicted octanol–water partition coefficient (Wildman–Crippen LogP) is 0.275. The zero-order chi connectivity index (χ0) is 13.6. The fourth-order valence-corrected chi connectivity index (χ4v) is 1.97. The van der Waals surface area contributed by atoms with Crippen molar-refractivity contribution in [3.63, 3.8) is 0 Å². The first-order valence-electron chi connectivity index (χ1n) is 6.22. The summed E-state index contributed by atoms with van der Waals surface area (Å²) < 4.78 is 0. The molecule has 0 aliphatic heterocycles. The molecule has 1 atom stereocenters. The highest BCUT2D eigenvalue weighted by Crippen LogP contribution is 2.39. The standard InChI is InChI=1S/C13H21N3O2/c1-3-6-16(7-8-17)9-12(18)15-13(2,10-14)11-4-5-11/h3,11,17H,1,4-9H2,2H3,(H,15,18). The molecule has 1 rings (SSSR count). The van der Waals surface area contributed by atoms with E-state index in [1.165, 1.54) is 0 Å². The molecule has 1 fully saturated rings. The van der Waals surface area contributed by atoms with Crippen LogP contribution in [0.3, 0.4) is 0 Å². The van der Waals surface area contributed by atoms with Crippen LogP contribution in [-0.4, -0.2) is 47.7 Å². The van der Waals surface area contributed by atoms with E-state index in [2.05, 4.69) is 18.0 Å². The van der Waals surface area contributed by atoms with Crippen LogP contribution < -0.4 is 5.32 Å². The number of aliphatic hydroxyl groups is 1. The second kappa shape index (κ2) is 6.53. The molecule has 1 unspecified atom stereocenters. The van der Waals surface area contributed by atoms with Crippen molar-refractivity contribution in [2.24, 2.45) is 5.92 Å². The number of nitrogens with zero attached hydrogens (tertiary/aromatic N) is 2. The van der Waals surface area contributed by atoms with Gasteiger partial charge < -0.3 is 10.4 Å². The minimum Gasteiger partial charge on any atom is -0.395 e. The topological polar surface area (TPSA) is 76.4 Å². The highest BCUT2D eigenvalue weighted by molar-refractivity contribution is 5.79. The van der Waals surface area contributed by atoms with Gasteiger partial charge in [-0.15, -0.1) is 6.58 Å². The van der Waals surface area contributed by atoms with Gasteiger partial charge in [-0.1, -0.05) is 6.08 Å². The van der Waals surface area contributed by atoms with Gasteiger partial charge in [-0.3, -0.25) is 9.69 Å². The number of aliphatic hydroxyl groups excluding tert-OH is 1. The largest absolute Gasteiger partial charge is 0.395 e. The van der Waals surface area contributed by atoms with E-state index < -0.39 is 5.54 Å². The van der Waals surface area contributed by atoms with Crippen LogP contribution in [0.2, 0.25) is 0 Å². The number of nitrogens with one attached hydrogen (secondary N) is 1. The monoisotopic (exact) mass is 251 g/mol. The highest BCUT2D eigenvalue weighted by atomic mass is 16.3. The molecule has 1 saturated carbocycles. The summed E-state index contributed by atoms with van der Waals surface area (Å²) in [5.41, 5.74) is -0.754. The van der Waals surface area contributed by atoms with Crippen LogP contribution in [0, 0.1) is 17.2 Å². The molecule has 2 N–H and O–H groups in total. The maximum absolute atomic E-state index is 11.9. The lowest BCUT2D eigenvalue weighted by molar-refractivity contribution is -0.123. The lowest BCUT2D eigenvalue weighted by Crippen LogP contribution is -2.50. The maximum Gasteiger partial charge on any atom is 0.235 e. The first-order valence-corrected chi connectivity index (χ1v) is 6.22. The Morgan fingerprint density at radius 1 is 1.72 bits per heavy atom. The van der Waals surface area contributed by atoms with E-state index in [1.807, 2.05) is 0 Å². The third-order valence-electron chi connectivity index (χ3n) is 3.20. The smallest absolute Gasteiger partial charge is 0.235 e. The molecule has 0 heterocycles. The first-order chi connectivity index (χ1) is 8.55. The summed E-state index contributed by atoms with van der Waals surface area (Å²) in [4.78, 5) is 13.7. The molecule has 5 heteroatoms. The first kappa shape index (κ1) is 14.7. The van der Waals surface area contributed by atoms with Crippen LogP contribution in [0.1, 0.15) is 19.8 Å². The van der Waals surface area contributed by atoms with Gasteiger partial charge in [0.05, 0.1) is 19.2 Å². The van der Waals surface area contributed by atoms with Crippen molar-refractivity contribution < 1.29 is 9.90 Å². The van der Waals surface area contributed by atoms with E-state index in [9.17, 15) is 4.79 Å². The predicted molar refractivity (Wildman–Crippen MR) is 68.6 cm³/mol. The number of rotatable bonds is 8. The Labute approximate surface area is 108 Å². The Kier molecular flexibility index (Phi) is 5.32. The molecule has 0 aromatic heterocycles. The minimum atomic E-state index is -0.754. The van der Waals surface area contributed by atoms with Crippen molar-refractivity contribution in [3.8, 4) is 6.07 Å². The number of carbonyl (C=O) groups is 1. The van der Waals surface area contributed by atoms with Gasteiger partial charge >= 0.3 is 0 Å². The van der Waals surface area contributed by atoms with E-state index in [-0.39, 0.29) is 25.0 Å². The Morgan fingerprint density at radius 3 is 2.83 bits per heavy atom. The molecule has 0 spiro atoms. The summed E-state index contributed by atoms with van der Waals surface area (Å²) in [6, 6.07) is 2.19. The van der Waals surface area contributed by atoms with Crippen LogP contribution in [0.25, 0.3) is 0 Å². The fourth-order valence-electron chi connectivity index (χ4n) is 1.97. The molecule has 18 heavy (non-hydrogen) atoms. The second-order valence-electron chi connectivity index (χ2n) is 4.88. The quantitative estimate of drug-likeness (QED) is 0.607. The molecule has 100 valence electrons. The average Bonchev–Trinajstić information content (AvgIpc) is 3.13. The second-order valence-corrected chi connectivity index (χ2v) is 4.88. The lowest BCUT2D eigenvalue weighted by atomic mass is 9.98. The van der Waals surface area contributed by atoms with Crippen LogP contribution in [0.4, 0.5) is 0 Å². The molecule has 1 aliphatic carbocycles. The minimum absolute atomic E-state index is 0.000731. The van der Waals surface area contributed by atoms with E-state index >= 15 is 0 Å². The molecular weight excluding hydrogens is 230 g/mol. The van der Waals surface area contributed by atoms with Gasteiger partial charge in [0.1, 0.15) is 5.54 Å². The number of carbonyl (C=O) groups excluding carboxylic acids is 1. The van der Waals surface area contributed by atoms with E-state index in [4.69, 9.17) is 10.4 Å². The fraction of sp³-hybridized carbons (Fsp3) is 0.692. The Balaban J connectivity index is 2.48. The molecule has 5 nitrogen and oxygen atoms in total. The van der Waals surface area contributed by atoms with Gasteiger partial charge in [0.15, 0.2) is 0 Å². The summed E-state index contributed by atoms with van der Waals surface area (Å²) in [6.45, 7) is 6.52. The Hall–Kier alpha value is -1.38. The third kappa shape index (κ3) is 4.13. The average molecular weight is 251 g/mol. The molecule has 1 aliphatic rings. The van der Waals surface area contributed by atoms with Gasteiger partial charge in [-0.25, -0.2) is 0 Å². The molecule has 0 aromatic rings. The van der Waals surface area contributed by atoms with Gasteiger partial charge in [0.25, 0.3) is 0 Å². The molecule has 0 aromatic carbocycles. The Bertz CT molecular complexity index is 347. The van der Waals surface area contributed by atoms with Crippen molar-refractivity contribution in [1.82, 2.24) is 10.2 Å². The molecular formula is C13H21N3O2. The van der Waals surface area contributed by atoms with Gasteiger partial charge in [0, 0.05) is 13.1 Å². The molecule has 0 radical (unpaired) electrons. The molecule has 1 amide bonds. The number of amides is 1. The number of hydrogen-bond acceptors (Lipinski definition) is 4. The zero-order valence-electron chi connectivity index (χ0n) is 10.9. The van der Waals surface area contributed by atoms with E-state index in [0.29, 0.717) is 13.1 Å². The van der Waals surface area contributed by atoms with Crippen LogP contribution in [0.5, 0.6) is 0 Å². The number of hydrogen-bond donors (Lipinski definition) is 2.